The van der Waals surface area contributed by atoms with Crippen molar-refractivity contribution in [3.63, 3.8) is 0 Å². The van der Waals surface area contributed by atoms with Gasteiger partial charge in [0.1, 0.15) is 0 Å². The normalized spacial score (nSPS) is 11.4. The molecule has 1 atom stereocenters. The molecule has 6 heteroatoms. The first-order valence-electron chi connectivity index (χ1n) is 6.18. The lowest BCUT2D eigenvalue weighted by molar-refractivity contribution is -0.509. The Morgan fingerprint density at radius 2 is 1.38 bits per heavy atom. The number of benzene rings is 2. The molecule has 0 aliphatic carbocycles. The number of nitro groups is 1. The quantitative estimate of drug-likeness (QED) is 0.393. The molecule has 0 aliphatic rings. The van der Waals surface area contributed by atoms with Gasteiger partial charge in [0.2, 0.25) is 0 Å². The third-order valence-corrected chi connectivity index (χ3v) is 2.82. The van der Waals surface area contributed by atoms with Gasteiger partial charge in [-0.05, 0) is 12.1 Å². The second-order valence-corrected chi connectivity index (χ2v) is 4.26. The van der Waals surface area contributed by atoms with Crippen molar-refractivity contribution in [1.29, 1.82) is 0 Å². The minimum Gasteiger partial charge on any atom is -0.284 e. The van der Waals surface area contributed by atoms with Gasteiger partial charge in [0.15, 0.2) is 0 Å². The predicted molar refractivity (Wildman–Crippen MR) is 75.5 cm³/mol. The van der Waals surface area contributed by atoms with Gasteiger partial charge >= 0.3 is 6.17 Å². The Kier molecular flexibility index (Phi) is 4.40. The second-order valence-electron chi connectivity index (χ2n) is 4.26. The zero-order valence-electron chi connectivity index (χ0n) is 10.9. The fraction of sp³-hybridized carbons (Fsp3) is 0.0667. The van der Waals surface area contributed by atoms with E-state index >= 15 is 0 Å². The second kappa shape index (κ2) is 6.42. The number of carbonyl (C=O) groups excluding carboxylic acids is 2. The van der Waals surface area contributed by atoms with Crippen LogP contribution in [0.3, 0.4) is 0 Å². The van der Waals surface area contributed by atoms with Crippen molar-refractivity contribution in [1.82, 2.24) is 5.32 Å². The number of hydrogen-bond donors (Lipinski definition) is 1. The molecule has 0 radical (unpaired) electrons. The van der Waals surface area contributed by atoms with E-state index in [9.17, 15) is 19.7 Å². The highest BCUT2D eigenvalue weighted by molar-refractivity contribution is 6.03. The van der Waals surface area contributed by atoms with Gasteiger partial charge in [0, 0.05) is 11.1 Å². The number of carbonyl (C=O) groups is 2. The van der Waals surface area contributed by atoms with Crippen molar-refractivity contribution in [2.24, 2.45) is 0 Å². The molecule has 1 unspecified atom stereocenters. The number of ketones is 1. The number of Topliss-reactive ketones (excluding diaryl/α,β-unsaturated/α-hetero) is 1. The van der Waals surface area contributed by atoms with Gasteiger partial charge in [-0.15, -0.1) is 0 Å². The Labute approximate surface area is 120 Å². The molecule has 1 N–H and O–H groups in total. The molecular weight excluding hydrogens is 272 g/mol. The van der Waals surface area contributed by atoms with E-state index in [0.29, 0.717) is 0 Å². The van der Waals surface area contributed by atoms with Crippen LogP contribution in [0.1, 0.15) is 20.7 Å². The molecule has 2 rings (SSSR count). The van der Waals surface area contributed by atoms with E-state index in [4.69, 9.17) is 0 Å². The van der Waals surface area contributed by atoms with E-state index in [1.54, 1.807) is 36.4 Å². The maximum atomic E-state index is 12.1. The number of nitrogens with zero attached hydrogens (tertiary/aromatic N) is 1. The van der Waals surface area contributed by atoms with Crippen LogP contribution in [-0.4, -0.2) is 22.8 Å². The van der Waals surface area contributed by atoms with Crippen LogP contribution < -0.4 is 5.32 Å². The average Bonchev–Trinajstić information content (AvgIpc) is 2.53. The molecule has 0 aliphatic heterocycles. The minimum absolute atomic E-state index is 0.174. The Hall–Kier alpha value is -3.02. The maximum absolute atomic E-state index is 12.1. The molecular formula is C15H12N2O4. The molecule has 0 bridgehead atoms. The van der Waals surface area contributed by atoms with E-state index in [0.717, 1.165) is 0 Å². The summed E-state index contributed by atoms with van der Waals surface area (Å²) in [6, 6.07) is 15.8. The van der Waals surface area contributed by atoms with Gasteiger partial charge in [-0.1, -0.05) is 48.5 Å². The fourth-order valence-corrected chi connectivity index (χ4v) is 1.77. The Balaban J connectivity index is 2.19. The molecule has 2 aromatic rings. The van der Waals surface area contributed by atoms with E-state index in [2.05, 4.69) is 5.32 Å². The molecule has 1 amide bonds. The smallest absolute Gasteiger partial charge is 0.284 e. The van der Waals surface area contributed by atoms with E-state index in [-0.39, 0.29) is 11.1 Å². The van der Waals surface area contributed by atoms with Crippen molar-refractivity contribution in [3.8, 4) is 0 Å². The molecule has 0 saturated heterocycles. The first kappa shape index (κ1) is 14.4. The Morgan fingerprint density at radius 1 is 0.905 bits per heavy atom. The van der Waals surface area contributed by atoms with Gasteiger partial charge in [-0.3, -0.25) is 25.0 Å². The van der Waals surface area contributed by atoms with Crippen molar-refractivity contribution in [2.75, 3.05) is 0 Å². The van der Waals surface area contributed by atoms with Crippen LogP contribution in [0.15, 0.2) is 60.7 Å². The third kappa shape index (κ3) is 3.50. The largest absolute Gasteiger partial charge is 0.350 e. The fourth-order valence-electron chi connectivity index (χ4n) is 1.77. The lowest BCUT2D eigenvalue weighted by Crippen LogP contribution is -2.46. The van der Waals surface area contributed by atoms with Gasteiger partial charge in [0.25, 0.3) is 11.7 Å². The van der Waals surface area contributed by atoms with Crippen molar-refractivity contribution in [3.05, 3.63) is 81.9 Å². The summed E-state index contributed by atoms with van der Waals surface area (Å²) in [6.07, 6.45) is -1.81. The number of amides is 1. The standard InChI is InChI=1S/C15H12N2O4/c18-13(11-7-3-1-4-8-11)14(17(20)21)16-15(19)12-9-5-2-6-10-12/h1-10,14H,(H,16,19). The summed E-state index contributed by atoms with van der Waals surface area (Å²) in [5.74, 6) is -1.42. The monoisotopic (exact) mass is 284 g/mol. The topological polar surface area (TPSA) is 89.3 Å². The van der Waals surface area contributed by atoms with Crippen molar-refractivity contribution < 1.29 is 14.5 Å². The summed E-state index contributed by atoms with van der Waals surface area (Å²) in [5, 5.41) is 13.2. The first-order chi connectivity index (χ1) is 10.1. The summed E-state index contributed by atoms with van der Waals surface area (Å²) < 4.78 is 0. The molecule has 106 valence electrons. The molecule has 0 heterocycles. The van der Waals surface area contributed by atoms with Gasteiger partial charge in [-0.25, -0.2) is 0 Å². The van der Waals surface area contributed by atoms with Crippen molar-refractivity contribution in [2.45, 2.75) is 6.17 Å². The average molecular weight is 284 g/mol. The summed E-state index contributed by atoms with van der Waals surface area (Å²) in [4.78, 5) is 34.3. The minimum atomic E-state index is -1.81. The van der Waals surface area contributed by atoms with Gasteiger partial charge in [0.05, 0.1) is 4.92 Å². The zero-order chi connectivity index (χ0) is 15.2. The van der Waals surface area contributed by atoms with Crippen LogP contribution in [-0.2, 0) is 0 Å². The highest BCUT2D eigenvalue weighted by Gasteiger charge is 2.32. The van der Waals surface area contributed by atoms with Gasteiger partial charge in [-0.2, -0.15) is 0 Å². The number of rotatable bonds is 5. The summed E-state index contributed by atoms with van der Waals surface area (Å²) in [7, 11) is 0. The van der Waals surface area contributed by atoms with E-state index < -0.39 is 22.8 Å². The van der Waals surface area contributed by atoms with Crippen molar-refractivity contribution >= 4 is 11.7 Å². The highest BCUT2D eigenvalue weighted by Crippen LogP contribution is 2.06. The number of hydrogen-bond acceptors (Lipinski definition) is 4. The van der Waals surface area contributed by atoms with E-state index in [1.165, 1.54) is 24.3 Å². The lowest BCUT2D eigenvalue weighted by atomic mass is 10.1. The maximum Gasteiger partial charge on any atom is 0.350 e. The summed E-state index contributed by atoms with van der Waals surface area (Å²) in [6.45, 7) is 0. The first-order valence-corrected chi connectivity index (χ1v) is 6.18. The third-order valence-electron chi connectivity index (χ3n) is 2.82. The molecule has 6 nitrogen and oxygen atoms in total. The SMILES string of the molecule is O=C(NC(C(=O)c1ccccc1)[N+](=O)[O-])c1ccccc1. The summed E-state index contributed by atoms with van der Waals surface area (Å²) in [5.41, 5.74) is 0.428. The Morgan fingerprint density at radius 3 is 1.86 bits per heavy atom. The van der Waals surface area contributed by atoms with Crippen LogP contribution in [0.4, 0.5) is 0 Å². The zero-order valence-corrected chi connectivity index (χ0v) is 10.9. The molecule has 2 aromatic carbocycles. The van der Waals surface area contributed by atoms with Crippen LogP contribution in [0, 0.1) is 10.1 Å². The molecule has 21 heavy (non-hydrogen) atoms. The lowest BCUT2D eigenvalue weighted by Gasteiger charge is -2.10. The van der Waals surface area contributed by atoms with Crippen LogP contribution in [0.5, 0.6) is 0 Å². The molecule has 0 spiro atoms. The summed E-state index contributed by atoms with van der Waals surface area (Å²) >= 11 is 0. The molecule has 0 aromatic heterocycles. The van der Waals surface area contributed by atoms with Crippen LogP contribution in [0.2, 0.25) is 0 Å². The van der Waals surface area contributed by atoms with Crippen LogP contribution in [0.25, 0.3) is 0 Å². The molecule has 0 saturated carbocycles. The highest BCUT2D eigenvalue weighted by atomic mass is 16.6. The predicted octanol–water partition coefficient (Wildman–Crippen LogP) is 1.90. The molecule has 0 fully saturated rings. The Bertz CT molecular complexity index is 656. The van der Waals surface area contributed by atoms with Gasteiger partial charge < -0.3 is 0 Å². The van der Waals surface area contributed by atoms with E-state index in [1.807, 2.05) is 0 Å². The number of nitrogens with one attached hydrogen (secondary N) is 1. The van der Waals surface area contributed by atoms with Crippen LogP contribution >= 0.6 is 0 Å².